The Bertz CT molecular complexity index is 628. The van der Waals surface area contributed by atoms with Crippen LogP contribution in [0.15, 0.2) is 18.8 Å². The van der Waals surface area contributed by atoms with Gasteiger partial charge in [-0.1, -0.05) is 6.58 Å². The Morgan fingerprint density at radius 2 is 2.12 bits per heavy atom. The first-order valence-electron chi connectivity index (χ1n) is 9.08. The summed E-state index contributed by atoms with van der Waals surface area (Å²) in [5.41, 5.74) is 6.64. The van der Waals surface area contributed by atoms with E-state index in [1.165, 1.54) is 50.0 Å². The second-order valence-electron chi connectivity index (χ2n) is 8.04. The Kier molecular flexibility index (Phi) is 4.11. The topological polar surface area (TPSA) is 51.6 Å². The summed E-state index contributed by atoms with van der Waals surface area (Å²) in [6.45, 7) is 8.49. The number of hydrogen-bond donors (Lipinski definition) is 2. The zero-order valence-corrected chi connectivity index (χ0v) is 14.6. The fourth-order valence-electron chi connectivity index (χ4n) is 4.97. The number of rotatable bonds is 3. The third-order valence-corrected chi connectivity index (χ3v) is 6.31. The monoisotopic (exact) mass is 328 g/mol. The molecule has 1 aromatic heterocycles. The molecule has 1 aromatic rings. The number of nitrogens with zero attached hydrogens (tertiary/aromatic N) is 3. The molecule has 5 heteroatoms. The molecule has 2 N–H and O–H groups in total. The third-order valence-electron chi connectivity index (χ3n) is 6.31. The number of hydroxylamine groups is 1. The minimum absolute atomic E-state index is 0.510. The molecule has 0 aromatic carbocycles. The van der Waals surface area contributed by atoms with Crippen molar-refractivity contribution in [1.82, 2.24) is 20.3 Å². The van der Waals surface area contributed by atoms with Crippen LogP contribution in [0.1, 0.15) is 42.5 Å². The fraction of sp³-hybridized carbons (Fsp3) is 0.632. The molecule has 4 rings (SSSR count). The second kappa shape index (κ2) is 6.14. The van der Waals surface area contributed by atoms with E-state index in [0.717, 1.165) is 31.1 Å². The molecule has 1 spiro atoms. The summed E-state index contributed by atoms with van der Waals surface area (Å²) in [4.78, 5) is 9.73. The van der Waals surface area contributed by atoms with Crippen LogP contribution < -0.4 is 5.48 Å². The third kappa shape index (κ3) is 2.85. The molecule has 130 valence electrons. The average Bonchev–Trinajstić information content (AvgIpc) is 2.59. The van der Waals surface area contributed by atoms with Crippen molar-refractivity contribution < 1.29 is 5.21 Å². The highest BCUT2D eigenvalue weighted by Crippen LogP contribution is 2.44. The molecule has 2 aliphatic heterocycles. The summed E-state index contributed by atoms with van der Waals surface area (Å²) in [6.07, 6.45) is 8.31. The number of aromatic nitrogens is 1. The van der Waals surface area contributed by atoms with Crippen LogP contribution >= 0.6 is 0 Å². The molecule has 0 unspecified atom stereocenters. The van der Waals surface area contributed by atoms with E-state index in [4.69, 9.17) is 5.21 Å². The Hall–Kier alpha value is -1.43. The maximum atomic E-state index is 9.00. The lowest BCUT2D eigenvalue weighted by atomic mass is 9.67. The molecule has 1 aliphatic carbocycles. The highest BCUT2D eigenvalue weighted by Gasteiger charge is 2.44. The van der Waals surface area contributed by atoms with Gasteiger partial charge in [0.1, 0.15) is 0 Å². The lowest BCUT2D eigenvalue weighted by molar-refractivity contribution is -0.0323. The van der Waals surface area contributed by atoms with Crippen LogP contribution in [0.4, 0.5) is 0 Å². The summed E-state index contributed by atoms with van der Waals surface area (Å²) in [6, 6.07) is 2.84. The Labute approximate surface area is 144 Å². The van der Waals surface area contributed by atoms with Crippen molar-refractivity contribution in [2.75, 3.05) is 26.7 Å². The fourth-order valence-corrected chi connectivity index (χ4v) is 4.97. The average molecular weight is 328 g/mol. The van der Waals surface area contributed by atoms with E-state index in [9.17, 15) is 0 Å². The Morgan fingerprint density at radius 1 is 1.38 bits per heavy atom. The molecular weight excluding hydrogens is 300 g/mol. The maximum absolute atomic E-state index is 9.00. The molecule has 3 heterocycles. The Morgan fingerprint density at radius 3 is 2.79 bits per heavy atom. The van der Waals surface area contributed by atoms with Crippen LogP contribution in [0.5, 0.6) is 0 Å². The summed E-state index contributed by atoms with van der Waals surface area (Å²) in [7, 11) is 2.24. The van der Waals surface area contributed by atoms with Crippen LogP contribution in [0.2, 0.25) is 0 Å². The van der Waals surface area contributed by atoms with Crippen LogP contribution in [-0.4, -0.2) is 52.7 Å². The van der Waals surface area contributed by atoms with Crippen molar-refractivity contribution in [3.63, 3.8) is 0 Å². The van der Waals surface area contributed by atoms with Gasteiger partial charge in [0.05, 0.1) is 11.4 Å². The van der Waals surface area contributed by atoms with Gasteiger partial charge in [-0.3, -0.25) is 20.6 Å². The molecule has 0 atom stereocenters. The van der Waals surface area contributed by atoms with Crippen molar-refractivity contribution in [3.05, 3.63) is 35.7 Å². The highest BCUT2D eigenvalue weighted by atomic mass is 16.5. The predicted octanol–water partition coefficient (Wildman–Crippen LogP) is 2.26. The molecule has 24 heavy (non-hydrogen) atoms. The molecule has 0 bridgehead atoms. The zero-order chi connectivity index (χ0) is 16.7. The van der Waals surface area contributed by atoms with Gasteiger partial charge in [-0.15, -0.1) is 0 Å². The first kappa shape index (κ1) is 16.1. The molecule has 5 nitrogen and oxygen atoms in total. The van der Waals surface area contributed by atoms with Gasteiger partial charge < -0.3 is 4.90 Å². The lowest BCUT2D eigenvalue weighted by Gasteiger charge is -2.53. The van der Waals surface area contributed by atoms with E-state index in [1.807, 2.05) is 6.20 Å². The maximum Gasteiger partial charge on any atom is 0.0618 e. The lowest BCUT2D eigenvalue weighted by Crippen LogP contribution is -2.57. The van der Waals surface area contributed by atoms with Crippen molar-refractivity contribution in [2.45, 2.75) is 44.7 Å². The molecule has 0 radical (unpaired) electrons. The van der Waals surface area contributed by atoms with Gasteiger partial charge in [0.2, 0.25) is 0 Å². The van der Waals surface area contributed by atoms with Gasteiger partial charge in [-0.05, 0) is 56.2 Å². The summed E-state index contributed by atoms with van der Waals surface area (Å²) in [5, 5.41) is 9.00. The van der Waals surface area contributed by atoms with Gasteiger partial charge in [0.25, 0.3) is 0 Å². The first-order chi connectivity index (χ1) is 11.6. The van der Waals surface area contributed by atoms with E-state index in [-0.39, 0.29) is 0 Å². The van der Waals surface area contributed by atoms with E-state index in [0.29, 0.717) is 11.1 Å². The van der Waals surface area contributed by atoms with Crippen molar-refractivity contribution in [2.24, 2.45) is 5.41 Å². The van der Waals surface area contributed by atoms with Gasteiger partial charge in [0, 0.05) is 44.0 Å². The molecule has 1 saturated heterocycles. The highest BCUT2D eigenvalue weighted by molar-refractivity contribution is 5.60. The quantitative estimate of drug-likeness (QED) is 0.834. The van der Waals surface area contributed by atoms with E-state index in [1.54, 1.807) is 0 Å². The van der Waals surface area contributed by atoms with E-state index in [2.05, 4.69) is 40.0 Å². The molecular formula is C19H28N4O. The number of fused-ring (bicyclic) bond motifs is 1. The normalized spacial score (nSPS) is 24.4. The first-order valence-corrected chi connectivity index (χ1v) is 9.08. The standard InChI is InChI=1S/C19H28N4O/c1-14(21-24)16-9-15-5-8-23(11-18(15)20-10-16)17-3-6-19(7-4-17)12-22(2)13-19/h9-10,17,21,24H,1,3-8,11-13H2,2H3. The minimum atomic E-state index is 0.510. The SMILES string of the molecule is C=C(NO)c1cnc2c(c1)CCN(C1CCC3(CC1)CN(C)C3)C2. The smallest absolute Gasteiger partial charge is 0.0618 e. The van der Waals surface area contributed by atoms with Crippen LogP contribution in [0, 0.1) is 5.41 Å². The van der Waals surface area contributed by atoms with Crippen LogP contribution in [0.25, 0.3) is 5.70 Å². The van der Waals surface area contributed by atoms with E-state index < -0.39 is 0 Å². The van der Waals surface area contributed by atoms with Crippen molar-refractivity contribution in [3.8, 4) is 0 Å². The predicted molar refractivity (Wildman–Crippen MR) is 94.5 cm³/mol. The number of likely N-dealkylation sites (tertiary alicyclic amines) is 1. The molecule has 3 aliphatic rings. The van der Waals surface area contributed by atoms with Gasteiger partial charge in [-0.2, -0.15) is 0 Å². The van der Waals surface area contributed by atoms with Crippen LogP contribution in [-0.2, 0) is 13.0 Å². The molecule has 1 saturated carbocycles. The number of nitrogens with one attached hydrogen (secondary N) is 1. The van der Waals surface area contributed by atoms with Gasteiger partial charge in [-0.25, -0.2) is 0 Å². The molecule has 0 amide bonds. The molecule has 2 fully saturated rings. The minimum Gasteiger partial charge on any atom is -0.305 e. The van der Waals surface area contributed by atoms with Crippen molar-refractivity contribution in [1.29, 1.82) is 0 Å². The summed E-state index contributed by atoms with van der Waals surface area (Å²) >= 11 is 0. The number of pyridine rings is 1. The van der Waals surface area contributed by atoms with Gasteiger partial charge >= 0.3 is 0 Å². The Balaban J connectivity index is 1.39. The summed E-state index contributed by atoms with van der Waals surface area (Å²) in [5.74, 6) is 0. The summed E-state index contributed by atoms with van der Waals surface area (Å²) < 4.78 is 0. The zero-order valence-electron chi connectivity index (χ0n) is 14.6. The van der Waals surface area contributed by atoms with Crippen LogP contribution in [0.3, 0.4) is 0 Å². The van der Waals surface area contributed by atoms with Crippen molar-refractivity contribution >= 4 is 5.70 Å². The number of hydrogen-bond acceptors (Lipinski definition) is 5. The largest absolute Gasteiger partial charge is 0.305 e. The van der Waals surface area contributed by atoms with Gasteiger partial charge in [0.15, 0.2) is 0 Å². The second-order valence-corrected chi connectivity index (χ2v) is 8.04. The van der Waals surface area contributed by atoms with E-state index >= 15 is 0 Å².